The van der Waals surface area contributed by atoms with E-state index in [1.807, 2.05) is 0 Å². The number of rotatable bonds is 2. The SMILES string of the molecule is CC(C)c1ccc2cc(N(C)C)ccc2c1. The molecule has 2 rings (SSSR count). The van der Waals surface area contributed by atoms with Crippen molar-refractivity contribution < 1.29 is 0 Å². The summed E-state index contributed by atoms with van der Waals surface area (Å²) in [5.74, 6) is 0.595. The Labute approximate surface area is 97.7 Å². The van der Waals surface area contributed by atoms with E-state index in [4.69, 9.17) is 0 Å². The standard InChI is InChI=1S/C15H19N/c1-11(2)12-5-6-14-10-15(16(3)4)8-7-13(14)9-12/h5-11H,1-4H3. The van der Waals surface area contributed by atoms with Crippen molar-refractivity contribution in [2.24, 2.45) is 0 Å². The van der Waals surface area contributed by atoms with Gasteiger partial charge < -0.3 is 4.90 Å². The van der Waals surface area contributed by atoms with Crippen LogP contribution in [-0.4, -0.2) is 14.1 Å². The van der Waals surface area contributed by atoms with Gasteiger partial charge in [0.15, 0.2) is 0 Å². The second kappa shape index (κ2) is 4.17. The van der Waals surface area contributed by atoms with Crippen molar-refractivity contribution in [3.05, 3.63) is 42.0 Å². The maximum Gasteiger partial charge on any atom is 0.0367 e. The van der Waals surface area contributed by atoms with Gasteiger partial charge in [-0.1, -0.05) is 38.1 Å². The third kappa shape index (κ3) is 2.04. The Kier molecular flexibility index (Phi) is 2.86. The Morgan fingerprint density at radius 2 is 1.50 bits per heavy atom. The molecular weight excluding hydrogens is 194 g/mol. The van der Waals surface area contributed by atoms with E-state index in [1.165, 1.54) is 22.0 Å². The molecule has 0 aliphatic rings. The molecule has 0 saturated carbocycles. The smallest absolute Gasteiger partial charge is 0.0367 e. The lowest BCUT2D eigenvalue weighted by molar-refractivity contribution is 0.869. The lowest BCUT2D eigenvalue weighted by atomic mass is 9.99. The average molecular weight is 213 g/mol. The summed E-state index contributed by atoms with van der Waals surface area (Å²) in [4.78, 5) is 2.13. The molecule has 0 N–H and O–H groups in total. The van der Waals surface area contributed by atoms with Crippen molar-refractivity contribution in [1.29, 1.82) is 0 Å². The molecule has 0 saturated heterocycles. The van der Waals surface area contributed by atoms with Crippen LogP contribution in [0.3, 0.4) is 0 Å². The second-order valence-corrected chi connectivity index (χ2v) is 4.84. The molecule has 2 aromatic carbocycles. The van der Waals surface area contributed by atoms with Gasteiger partial charge in [0, 0.05) is 19.8 Å². The van der Waals surface area contributed by atoms with Gasteiger partial charge in [-0.25, -0.2) is 0 Å². The van der Waals surface area contributed by atoms with Gasteiger partial charge in [-0.3, -0.25) is 0 Å². The highest BCUT2D eigenvalue weighted by Crippen LogP contribution is 2.24. The summed E-state index contributed by atoms with van der Waals surface area (Å²) in [5.41, 5.74) is 2.66. The second-order valence-electron chi connectivity index (χ2n) is 4.84. The lowest BCUT2D eigenvalue weighted by Gasteiger charge is -2.14. The molecule has 0 amide bonds. The Balaban J connectivity index is 2.53. The normalized spacial score (nSPS) is 11.1. The van der Waals surface area contributed by atoms with Crippen molar-refractivity contribution in [2.45, 2.75) is 19.8 Å². The van der Waals surface area contributed by atoms with Gasteiger partial charge in [-0.05, 0) is 34.4 Å². The molecule has 2 aromatic rings. The highest BCUT2D eigenvalue weighted by Gasteiger charge is 2.02. The molecular formula is C15H19N. The molecule has 0 heterocycles. The van der Waals surface area contributed by atoms with Crippen molar-refractivity contribution in [3.63, 3.8) is 0 Å². The third-order valence-electron chi connectivity index (χ3n) is 3.03. The van der Waals surface area contributed by atoms with Crippen LogP contribution < -0.4 is 4.90 Å². The Bertz CT molecular complexity index is 451. The van der Waals surface area contributed by atoms with Gasteiger partial charge in [0.2, 0.25) is 0 Å². The molecule has 0 atom stereocenters. The van der Waals surface area contributed by atoms with Crippen LogP contribution in [0.25, 0.3) is 10.8 Å². The van der Waals surface area contributed by atoms with Crippen molar-refractivity contribution in [2.75, 3.05) is 19.0 Å². The van der Waals surface area contributed by atoms with Crippen LogP contribution in [0.1, 0.15) is 25.3 Å². The predicted molar refractivity (Wildman–Crippen MR) is 72.4 cm³/mol. The highest BCUT2D eigenvalue weighted by atomic mass is 15.1. The van der Waals surface area contributed by atoms with E-state index in [1.54, 1.807) is 0 Å². The van der Waals surface area contributed by atoms with Gasteiger partial charge in [0.1, 0.15) is 0 Å². The van der Waals surface area contributed by atoms with Gasteiger partial charge in [-0.2, -0.15) is 0 Å². The van der Waals surface area contributed by atoms with Crippen LogP contribution in [0, 0.1) is 0 Å². The Hall–Kier alpha value is -1.50. The summed E-state index contributed by atoms with van der Waals surface area (Å²) >= 11 is 0. The quantitative estimate of drug-likeness (QED) is 0.728. The number of nitrogens with zero attached hydrogens (tertiary/aromatic N) is 1. The fourth-order valence-electron chi connectivity index (χ4n) is 1.89. The summed E-state index contributed by atoms with van der Waals surface area (Å²) in [6.45, 7) is 4.46. The molecule has 0 radical (unpaired) electrons. The maximum atomic E-state index is 2.29. The number of hydrogen-bond donors (Lipinski definition) is 0. The van der Waals surface area contributed by atoms with Crippen LogP contribution in [0.5, 0.6) is 0 Å². The highest BCUT2D eigenvalue weighted by molar-refractivity contribution is 5.86. The molecule has 0 bridgehead atoms. The molecule has 1 heteroatoms. The van der Waals surface area contributed by atoms with Crippen LogP contribution in [0.2, 0.25) is 0 Å². The molecule has 16 heavy (non-hydrogen) atoms. The molecule has 0 fully saturated rings. The first-order valence-corrected chi connectivity index (χ1v) is 5.79. The van der Waals surface area contributed by atoms with E-state index >= 15 is 0 Å². The van der Waals surface area contributed by atoms with E-state index in [0.29, 0.717) is 5.92 Å². The van der Waals surface area contributed by atoms with Crippen LogP contribution in [0.15, 0.2) is 36.4 Å². The molecule has 0 aliphatic heterocycles. The largest absolute Gasteiger partial charge is 0.378 e. The average Bonchev–Trinajstić information content (AvgIpc) is 2.27. The monoisotopic (exact) mass is 213 g/mol. The van der Waals surface area contributed by atoms with Crippen LogP contribution >= 0.6 is 0 Å². The van der Waals surface area contributed by atoms with E-state index in [0.717, 1.165) is 0 Å². The first kappa shape index (κ1) is 11.0. The minimum absolute atomic E-state index is 0.595. The Morgan fingerprint density at radius 3 is 2.12 bits per heavy atom. The van der Waals surface area contributed by atoms with E-state index in [-0.39, 0.29) is 0 Å². The summed E-state index contributed by atoms with van der Waals surface area (Å²) < 4.78 is 0. The zero-order valence-corrected chi connectivity index (χ0v) is 10.5. The molecule has 1 nitrogen and oxygen atoms in total. The van der Waals surface area contributed by atoms with Crippen molar-refractivity contribution in [1.82, 2.24) is 0 Å². The summed E-state index contributed by atoms with van der Waals surface area (Å²) in [7, 11) is 4.15. The number of fused-ring (bicyclic) bond motifs is 1. The third-order valence-corrected chi connectivity index (χ3v) is 3.03. The first-order chi connectivity index (χ1) is 7.58. The maximum absolute atomic E-state index is 2.29. The zero-order valence-electron chi connectivity index (χ0n) is 10.5. The fourth-order valence-corrected chi connectivity index (χ4v) is 1.89. The molecule has 0 unspecified atom stereocenters. The van der Waals surface area contributed by atoms with Crippen molar-refractivity contribution in [3.8, 4) is 0 Å². The number of hydrogen-bond acceptors (Lipinski definition) is 1. The summed E-state index contributed by atoms with van der Waals surface area (Å²) in [6.07, 6.45) is 0. The molecule has 0 aromatic heterocycles. The van der Waals surface area contributed by atoms with Crippen molar-refractivity contribution >= 4 is 16.5 Å². The van der Waals surface area contributed by atoms with Gasteiger partial charge in [0.25, 0.3) is 0 Å². The van der Waals surface area contributed by atoms with Crippen LogP contribution in [-0.2, 0) is 0 Å². The van der Waals surface area contributed by atoms with Gasteiger partial charge >= 0.3 is 0 Å². The molecule has 0 spiro atoms. The van der Waals surface area contributed by atoms with Gasteiger partial charge in [0.05, 0.1) is 0 Å². The molecule has 84 valence electrons. The number of benzene rings is 2. The number of anilines is 1. The fraction of sp³-hybridized carbons (Fsp3) is 0.333. The summed E-state index contributed by atoms with van der Waals surface area (Å²) in [6, 6.07) is 13.4. The minimum Gasteiger partial charge on any atom is -0.378 e. The van der Waals surface area contributed by atoms with E-state index in [9.17, 15) is 0 Å². The topological polar surface area (TPSA) is 3.24 Å². The van der Waals surface area contributed by atoms with Crippen LogP contribution in [0.4, 0.5) is 5.69 Å². The lowest BCUT2D eigenvalue weighted by Crippen LogP contribution is -2.08. The predicted octanol–water partition coefficient (Wildman–Crippen LogP) is 4.03. The van der Waals surface area contributed by atoms with E-state index in [2.05, 4.69) is 69.2 Å². The minimum atomic E-state index is 0.595. The molecule has 0 aliphatic carbocycles. The first-order valence-electron chi connectivity index (χ1n) is 5.79. The Morgan fingerprint density at radius 1 is 0.875 bits per heavy atom. The van der Waals surface area contributed by atoms with Gasteiger partial charge in [-0.15, -0.1) is 0 Å². The summed E-state index contributed by atoms with van der Waals surface area (Å²) in [5, 5.41) is 2.65. The van der Waals surface area contributed by atoms with E-state index < -0.39 is 0 Å². The zero-order chi connectivity index (χ0) is 11.7.